The SMILES string of the molecule is Cc1noc(C)c1Cc1nnc2n1[C@H](Cc1ccccc1)C(=O)N(C)C2. The van der Waals surface area contributed by atoms with Gasteiger partial charge in [-0.05, 0) is 19.4 Å². The molecule has 26 heavy (non-hydrogen) atoms. The van der Waals surface area contributed by atoms with Crippen LogP contribution in [0.3, 0.4) is 0 Å². The molecule has 0 spiro atoms. The second kappa shape index (κ2) is 6.40. The number of carbonyl (C=O) groups is 1. The van der Waals surface area contributed by atoms with Gasteiger partial charge in [0.15, 0.2) is 5.82 Å². The van der Waals surface area contributed by atoms with E-state index in [4.69, 9.17) is 4.52 Å². The molecule has 1 atom stereocenters. The molecule has 0 saturated heterocycles. The minimum Gasteiger partial charge on any atom is -0.361 e. The molecule has 134 valence electrons. The van der Waals surface area contributed by atoms with Gasteiger partial charge < -0.3 is 14.0 Å². The molecular formula is C19H21N5O2. The molecule has 3 heterocycles. The molecule has 0 unspecified atom stereocenters. The summed E-state index contributed by atoms with van der Waals surface area (Å²) in [6.07, 6.45) is 1.17. The molecule has 1 aliphatic heterocycles. The Morgan fingerprint density at radius 2 is 1.96 bits per heavy atom. The van der Waals surface area contributed by atoms with Crippen molar-refractivity contribution in [2.45, 2.75) is 39.3 Å². The molecule has 3 aromatic rings. The number of amides is 1. The molecule has 7 nitrogen and oxygen atoms in total. The number of aromatic nitrogens is 4. The number of carbonyl (C=O) groups excluding carboxylic acids is 1. The first-order chi connectivity index (χ1) is 12.5. The Morgan fingerprint density at radius 1 is 1.19 bits per heavy atom. The van der Waals surface area contributed by atoms with Gasteiger partial charge in [-0.3, -0.25) is 4.79 Å². The van der Waals surface area contributed by atoms with E-state index in [0.717, 1.165) is 34.2 Å². The summed E-state index contributed by atoms with van der Waals surface area (Å²) in [6, 6.07) is 9.70. The molecule has 0 saturated carbocycles. The predicted molar refractivity (Wildman–Crippen MR) is 94.5 cm³/mol. The van der Waals surface area contributed by atoms with Crippen LogP contribution in [0.1, 0.15) is 40.3 Å². The second-order valence-corrected chi connectivity index (χ2v) is 6.78. The van der Waals surface area contributed by atoms with E-state index in [-0.39, 0.29) is 11.9 Å². The topological polar surface area (TPSA) is 77.0 Å². The number of nitrogens with zero attached hydrogens (tertiary/aromatic N) is 5. The van der Waals surface area contributed by atoms with E-state index in [1.807, 2.05) is 55.8 Å². The van der Waals surface area contributed by atoms with Gasteiger partial charge in [0.05, 0.1) is 12.2 Å². The molecule has 0 radical (unpaired) electrons. The van der Waals surface area contributed by atoms with Crippen molar-refractivity contribution < 1.29 is 9.32 Å². The van der Waals surface area contributed by atoms with Crippen molar-refractivity contribution in [2.75, 3.05) is 7.05 Å². The molecule has 2 aromatic heterocycles. The van der Waals surface area contributed by atoms with Crippen molar-refractivity contribution in [3.63, 3.8) is 0 Å². The molecule has 0 bridgehead atoms. The average molecular weight is 351 g/mol. The monoisotopic (exact) mass is 351 g/mol. The highest BCUT2D eigenvalue weighted by Gasteiger charge is 2.34. The number of fused-ring (bicyclic) bond motifs is 1. The lowest BCUT2D eigenvalue weighted by Gasteiger charge is -2.31. The van der Waals surface area contributed by atoms with Crippen LogP contribution in [0.25, 0.3) is 0 Å². The third-order valence-corrected chi connectivity index (χ3v) is 4.98. The van der Waals surface area contributed by atoms with Crippen molar-refractivity contribution in [3.05, 3.63) is 64.6 Å². The Balaban J connectivity index is 1.73. The summed E-state index contributed by atoms with van der Waals surface area (Å²) in [5.41, 5.74) is 2.97. The van der Waals surface area contributed by atoms with Gasteiger partial charge in [-0.1, -0.05) is 35.5 Å². The largest absolute Gasteiger partial charge is 0.361 e. The van der Waals surface area contributed by atoms with E-state index in [2.05, 4.69) is 15.4 Å². The molecule has 0 fully saturated rings. The summed E-state index contributed by atoms with van der Waals surface area (Å²) in [5.74, 6) is 2.45. The molecule has 0 N–H and O–H groups in total. The normalized spacial score (nSPS) is 16.8. The van der Waals surface area contributed by atoms with E-state index < -0.39 is 0 Å². The lowest BCUT2D eigenvalue weighted by Crippen LogP contribution is -2.42. The second-order valence-electron chi connectivity index (χ2n) is 6.78. The number of hydrogen-bond donors (Lipinski definition) is 0. The van der Waals surface area contributed by atoms with E-state index >= 15 is 0 Å². The van der Waals surface area contributed by atoms with Crippen LogP contribution < -0.4 is 0 Å². The van der Waals surface area contributed by atoms with Gasteiger partial charge in [0.1, 0.15) is 17.6 Å². The van der Waals surface area contributed by atoms with Crippen LogP contribution in [0.15, 0.2) is 34.9 Å². The molecule has 1 aliphatic rings. The highest BCUT2D eigenvalue weighted by molar-refractivity contribution is 5.81. The average Bonchev–Trinajstić information content (AvgIpc) is 3.18. The summed E-state index contributed by atoms with van der Waals surface area (Å²) < 4.78 is 7.27. The fourth-order valence-corrected chi connectivity index (χ4v) is 3.53. The third-order valence-electron chi connectivity index (χ3n) is 4.98. The number of benzene rings is 1. The highest BCUT2D eigenvalue weighted by Crippen LogP contribution is 2.27. The maximum atomic E-state index is 12.9. The van der Waals surface area contributed by atoms with Crippen molar-refractivity contribution in [1.29, 1.82) is 0 Å². The van der Waals surface area contributed by atoms with Crippen molar-refractivity contribution >= 4 is 5.91 Å². The first-order valence-electron chi connectivity index (χ1n) is 8.68. The van der Waals surface area contributed by atoms with Crippen molar-refractivity contribution in [2.24, 2.45) is 0 Å². The van der Waals surface area contributed by atoms with Gasteiger partial charge in [-0.25, -0.2) is 0 Å². The lowest BCUT2D eigenvalue weighted by atomic mass is 10.0. The lowest BCUT2D eigenvalue weighted by molar-refractivity contribution is -0.136. The van der Waals surface area contributed by atoms with Gasteiger partial charge in [-0.2, -0.15) is 0 Å². The van der Waals surface area contributed by atoms with E-state index in [0.29, 0.717) is 19.4 Å². The van der Waals surface area contributed by atoms with Crippen molar-refractivity contribution in [3.8, 4) is 0 Å². The van der Waals surface area contributed by atoms with Crippen LogP contribution in [-0.2, 0) is 24.2 Å². The van der Waals surface area contributed by atoms with Gasteiger partial charge in [0.2, 0.25) is 5.91 Å². The molecule has 0 aliphatic carbocycles. The van der Waals surface area contributed by atoms with Crippen LogP contribution in [-0.4, -0.2) is 37.8 Å². The van der Waals surface area contributed by atoms with Crippen LogP contribution in [0.2, 0.25) is 0 Å². The number of likely N-dealkylation sites (N-methyl/N-ethyl adjacent to an activating group) is 1. The first-order valence-corrected chi connectivity index (χ1v) is 8.68. The zero-order chi connectivity index (χ0) is 18.3. The summed E-state index contributed by atoms with van der Waals surface area (Å²) in [5, 5.41) is 12.7. The molecule has 1 aromatic carbocycles. The molecule has 4 rings (SSSR count). The Morgan fingerprint density at radius 3 is 2.65 bits per heavy atom. The summed E-state index contributed by atoms with van der Waals surface area (Å²) >= 11 is 0. The van der Waals surface area contributed by atoms with Crippen LogP contribution in [0.5, 0.6) is 0 Å². The Hall–Kier alpha value is -2.96. The van der Waals surface area contributed by atoms with Gasteiger partial charge in [-0.15, -0.1) is 10.2 Å². The van der Waals surface area contributed by atoms with E-state index in [1.54, 1.807) is 4.90 Å². The van der Waals surface area contributed by atoms with Crippen LogP contribution >= 0.6 is 0 Å². The third kappa shape index (κ3) is 2.79. The fraction of sp³-hybridized carbons (Fsp3) is 0.368. The Labute approximate surface area is 151 Å². The van der Waals surface area contributed by atoms with Crippen molar-refractivity contribution in [1.82, 2.24) is 24.8 Å². The first kappa shape index (κ1) is 16.5. The molecule has 1 amide bonds. The summed E-state index contributed by atoms with van der Waals surface area (Å²) in [6.45, 7) is 4.28. The number of hydrogen-bond acceptors (Lipinski definition) is 5. The highest BCUT2D eigenvalue weighted by atomic mass is 16.5. The van der Waals surface area contributed by atoms with Gasteiger partial charge >= 0.3 is 0 Å². The van der Waals surface area contributed by atoms with E-state index in [1.165, 1.54) is 0 Å². The minimum absolute atomic E-state index is 0.0844. The predicted octanol–water partition coefficient (Wildman–Crippen LogP) is 2.23. The smallest absolute Gasteiger partial charge is 0.246 e. The van der Waals surface area contributed by atoms with Gasteiger partial charge in [0.25, 0.3) is 0 Å². The Bertz CT molecular complexity index is 925. The molecule has 7 heteroatoms. The minimum atomic E-state index is -0.336. The number of aryl methyl sites for hydroxylation is 2. The van der Waals surface area contributed by atoms with Crippen LogP contribution in [0, 0.1) is 13.8 Å². The standard InChI is InChI=1S/C19H21N5O2/c1-12-15(13(2)26-22-12)10-17-20-21-18-11-23(3)19(25)16(24(17)18)9-14-7-5-4-6-8-14/h4-8,16H,9-11H2,1-3H3/t16-/m1/s1. The summed E-state index contributed by atoms with van der Waals surface area (Å²) in [7, 11) is 1.81. The number of rotatable bonds is 4. The maximum Gasteiger partial charge on any atom is 0.246 e. The van der Waals surface area contributed by atoms with Gasteiger partial charge in [0, 0.05) is 25.5 Å². The van der Waals surface area contributed by atoms with Crippen LogP contribution in [0.4, 0.5) is 0 Å². The Kier molecular flexibility index (Phi) is 4.06. The fourth-order valence-electron chi connectivity index (χ4n) is 3.53. The summed E-state index contributed by atoms with van der Waals surface area (Å²) in [4.78, 5) is 14.6. The molecular weight excluding hydrogens is 330 g/mol. The zero-order valence-corrected chi connectivity index (χ0v) is 15.1. The quantitative estimate of drug-likeness (QED) is 0.720. The van der Waals surface area contributed by atoms with E-state index in [9.17, 15) is 4.79 Å². The zero-order valence-electron chi connectivity index (χ0n) is 15.1. The maximum absolute atomic E-state index is 12.9.